The first-order chi connectivity index (χ1) is 3.33. The van der Waals surface area contributed by atoms with Gasteiger partial charge >= 0.3 is 0 Å². The Morgan fingerprint density at radius 1 is 1.71 bits per heavy atom. The smallest absolute Gasteiger partial charge is 0.0548 e. The van der Waals surface area contributed by atoms with E-state index < -0.39 is 0 Å². The van der Waals surface area contributed by atoms with Crippen molar-refractivity contribution in [3.8, 4) is 12.3 Å². The molecule has 2 heteroatoms. The predicted octanol–water partition coefficient (Wildman–Crippen LogP) is -0.586. The minimum atomic E-state index is 0.347. The lowest BCUT2D eigenvalue weighted by molar-refractivity contribution is 1.02. The average molecular weight is 100 g/mol. The van der Waals surface area contributed by atoms with Gasteiger partial charge in [-0.2, -0.15) is 0 Å². The Labute approximate surface area is 45.1 Å². The third-order valence-corrected chi connectivity index (χ3v) is 0.118. The largest absolute Gasteiger partial charge is 0.323 e. The minimum absolute atomic E-state index is 0.347. The van der Waals surface area contributed by atoms with Gasteiger partial charge in [-0.15, -0.1) is 6.42 Å². The fraction of sp³-hybridized carbons (Fsp3) is 0.600. The summed E-state index contributed by atoms with van der Waals surface area (Å²) in [5.41, 5.74) is 4.79. The summed E-state index contributed by atoms with van der Waals surface area (Å²) in [6.45, 7) is 0.347. The summed E-state index contributed by atoms with van der Waals surface area (Å²) >= 11 is 0. The molecule has 2 nitrogen and oxygen atoms in total. The van der Waals surface area contributed by atoms with Crippen molar-refractivity contribution in [1.29, 1.82) is 0 Å². The van der Waals surface area contributed by atoms with Gasteiger partial charge in [-0.1, -0.05) is 5.92 Å². The molecule has 7 heavy (non-hydrogen) atoms. The molecule has 0 radical (unpaired) electrons. The van der Waals surface area contributed by atoms with Crippen molar-refractivity contribution in [2.75, 3.05) is 20.6 Å². The van der Waals surface area contributed by atoms with Crippen LogP contribution in [0.4, 0.5) is 0 Å². The van der Waals surface area contributed by atoms with Crippen molar-refractivity contribution in [1.82, 2.24) is 5.32 Å². The van der Waals surface area contributed by atoms with Gasteiger partial charge in [0.15, 0.2) is 0 Å². The van der Waals surface area contributed by atoms with Gasteiger partial charge in [0.25, 0.3) is 0 Å². The molecule has 0 aliphatic carbocycles. The summed E-state index contributed by atoms with van der Waals surface area (Å²) in [5, 5.41) is 2.75. The fourth-order valence-electron chi connectivity index (χ4n) is 0. The van der Waals surface area contributed by atoms with Crippen molar-refractivity contribution in [3.63, 3.8) is 0 Å². The van der Waals surface area contributed by atoms with E-state index in [-0.39, 0.29) is 0 Å². The van der Waals surface area contributed by atoms with E-state index in [0.717, 1.165) is 0 Å². The molecule has 0 fully saturated rings. The van der Waals surface area contributed by atoms with Crippen LogP contribution in [0.3, 0.4) is 0 Å². The van der Waals surface area contributed by atoms with Gasteiger partial charge in [0.2, 0.25) is 0 Å². The number of nitrogens with one attached hydrogen (secondary N) is 1. The van der Waals surface area contributed by atoms with Gasteiger partial charge in [0.05, 0.1) is 6.54 Å². The molecule has 0 saturated heterocycles. The number of rotatable bonds is 0. The Bertz CT molecular complexity index is 44.5. The van der Waals surface area contributed by atoms with Crippen LogP contribution in [0, 0.1) is 12.3 Å². The molecule has 0 unspecified atom stereocenters. The van der Waals surface area contributed by atoms with Gasteiger partial charge in [-0.25, -0.2) is 0 Å². The van der Waals surface area contributed by atoms with E-state index in [2.05, 4.69) is 17.7 Å². The first-order valence-corrected chi connectivity index (χ1v) is 2.05. The molecule has 3 N–H and O–H groups in total. The molecule has 0 rings (SSSR count). The Morgan fingerprint density at radius 3 is 1.86 bits per heavy atom. The highest BCUT2D eigenvalue weighted by Crippen LogP contribution is 1.25. The maximum Gasteiger partial charge on any atom is 0.0548 e. The summed E-state index contributed by atoms with van der Waals surface area (Å²) in [7, 11) is 3.75. The Morgan fingerprint density at radius 2 is 1.86 bits per heavy atom. The Balaban J connectivity index is 0. The van der Waals surface area contributed by atoms with Crippen LogP contribution in [0.25, 0.3) is 0 Å². The number of hydrogen-bond acceptors (Lipinski definition) is 2. The monoisotopic (exact) mass is 100 g/mol. The summed E-state index contributed by atoms with van der Waals surface area (Å²) in [4.78, 5) is 0. The lowest BCUT2D eigenvalue weighted by atomic mass is 10.7. The van der Waals surface area contributed by atoms with E-state index in [4.69, 9.17) is 5.73 Å². The summed E-state index contributed by atoms with van der Waals surface area (Å²) in [6, 6.07) is 0. The van der Waals surface area contributed by atoms with Gasteiger partial charge in [0.1, 0.15) is 0 Å². The van der Waals surface area contributed by atoms with Crippen LogP contribution in [0.2, 0.25) is 0 Å². The van der Waals surface area contributed by atoms with E-state index in [1.807, 2.05) is 14.1 Å². The summed E-state index contributed by atoms with van der Waals surface area (Å²) < 4.78 is 0. The van der Waals surface area contributed by atoms with Crippen LogP contribution < -0.4 is 11.1 Å². The van der Waals surface area contributed by atoms with E-state index in [0.29, 0.717) is 6.54 Å². The van der Waals surface area contributed by atoms with Crippen LogP contribution in [0.1, 0.15) is 0 Å². The SMILES string of the molecule is C#CCN.CNC. The molecule has 0 aromatic heterocycles. The molecule has 0 amide bonds. The summed E-state index contributed by atoms with van der Waals surface area (Å²) in [6.07, 6.45) is 4.65. The normalized spacial score (nSPS) is 5.43. The van der Waals surface area contributed by atoms with Crippen LogP contribution >= 0.6 is 0 Å². The lowest BCUT2D eigenvalue weighted by Crippen LogP contribution is -1.91. The minimum Gasteiger partial charge on any atom is -0.323 e. The standard InChI is InChI=1S/C3H5N.C2H7N/c1-2-3-4;1-3-2/h1H,3-4H2;3H,1-2H3. The molecular formula is C5H12N2. The Hall–Kier alpha value is -0.520. The lowest BCUT2D eigenvalue weighted by Gasteiger charge is -1.59. The molecule has 0 saturated carbocycles. The van der Waals surface area contributed by atoms with E-state index in [1.54, 1.807) is 0 Å². The van der Waals surface area contributed by atoms with Crippen molar-refractivity contribution in [2.24, 2.45) is 5.73 Å². The topological polar surface area (TPSA) is 38.0 Å². The van der Waals surface area contributed by atoms with Crippen LogP contribution in [-0.4, -0.2) is 20.6 Å². The van der Waals surface area contributed by atoms with E-state index >= 15 is 0 Å². The maximum absolute atomic E-state index is 4.79. The number of nitrogens with two attached hydrogens (primary N) is 1. The van der Waals surface area contributed by atoms with E-state index in [1.165, 1.54) is 0 Å². The van der Waals surface area contributed by atoms with Gasteiger partial charge in [-0.05, 0) is 14.1 Å². The third kappa shape index (κ3) is 288. The highest BCUT2D eigenvalue weighted by atomic mass is 14.7. The van der Waals surface area contributed by atoms with Gasteiger partial charge in [0, 0.05) is 0 Å². The zero-order valence-corrected chi connectivity index (χ0v) is 4.86. The maximum atomic E-state index is 4.79. The number of hydrogen-bond donors (Lipinski definition) is 2. The zero-order valence-electron chi connectivity index (χ0n) is 4.86. The Kier molecular flexibility index (Phi) is 24.8. The molecule has 0 aromatic rings. The first kappa shape index (κ1) is 9.70. The molecule has 42 valence electrons. The molecular weight excluding hydrogens is 88.1 g/mol. The van der Waals surface area contributed by atoms with Crippen molar-refractivity contribution < 1.29 is 0 Å². The van der Waals surface area contributed by atoms with Crippen LogP contribution in [0.15, 0.2) is 0 Å². The highest BCUT2D eigenvalue weighted by Gasteiger charge is 1.41. The van der Waals surface area contributed by atoms with Gasteiger partial charge in [-0.3, -0.25) is 0 Å². The second kappa shape index (κ2) is 17.9. The molecule has 0 bridgehead atoms. The quantitative estimate of drug-likeness (QED) is 0.399. The van der Waals surface area contributed by atoms with Gasteiger partial charge < -0.3 is 11.1 Å². The zero-order chi connectivity index (χ0) is 6.12. The molecule has 0 aliphatic rings. The molecule has 0 aromatic carbocycles. The third-order valence-electron chi connectivity index (χ3n) is 0.118. The van der Waals surface area contributed by atoms with Crippen molar-refractivity contribution in [3.05, 3.63) is 0 Å². The average Bonchev–Trinajstić information content (AvgIpc) is 1.69. The highest BCUT2D eigenvalue weighted by molar-refractivity contribution is 4.83. The van der Waals surface area contributed by atoms with Crippen molar-refractivity contribution in [2.45, 2.75) is 0 Å². The summed E-state index contributed by atoms with van der Waals surface area (Å²) in [5.74, 6) is 2.21. The molecule has 0 heterocycles. The first-order valence-electron chi connectivity index (χ1n) is 2.05. The molecule has 0 spiro atoms. The van der Waals surface area contributed by atoms with E-state index in [9.17, 15) is 0 Å². The number of terminal acetylenes is 1. The second-order valence-electron chi connectivity index (χ2n) is 0.908. The molecule has 0 aliphatic heterocycles. The second-order valence-corrected chi connectivity index (χ2v) is 0.908. The van der Waals surface area contributed by atoms with Crippen molar-refractivity contribution >= 4 is 0 Å². The predicted molar refractivity (Wildman–Crippen MR) is 32.9 cm³/mol. The van der Waals surface area contributed by atoms with Crippen LogP contribution in [0.5, 0.6) is 0 Å². The fourth-order valence-corrected chi connectivity index (χ4v) is 0. The van der Waals surface area contributed by atoms with Crippen LogP contribution in [-0.2, 0) is 0 Å². The molecule has 0 atom stereocenters.